The van der Waals surface area contributed by atoms with Crippen LogP contribution >= 0.6 is 0 Å². The summed E-state index contributed by atoms with van der Waals surface area (Å²) in [6.07, 6.45) is 10.3. The molecule has 0 spiro atoms. The standard InChI is InChI=1S/C5H11N.C5H10.4CH4/c1-6-4-2-3-5-6;1-2-4-5-3-1;;;;/h2-5H2,1H3;1-5H2;4*1H4. The lowest BCUT2D eigenvalue weighted by atomic mass is 10.4. The Kier molecular flexibility index (Phi) is 26.5. The van der Waals surface area contributed by atoms with E-state index in [0.29, 0.717) is 0 Å². The van der Waals surface area contributed by atoms with Gasteiger partial charge in [-0.15, -0.1) is 0 Å². The lowest BCUT2D eigenvalue weighted by molar-refractivity contribution is 0.418. The molecule has 2 fully saturated rings. The molecule has 1 heteroatoms. The molecule has 1 heterocycles. The molecule has 1 saturated carbocycles. The van der Waals surface area contributed by atoms with Crippen molar-refractivity contribution in [3.05, 3.63) is 0 Å². The topological polar surface area (TPSA) is 3.24 Å². The lowest BCUT2D eigenvalue weighted by Crippen LogP contribution is -2.10. The van der Waals surface area contributed by atoms with Crippen LogP contribution in [0.3, 0.4) is 0 Å². The maximum absolute atomic E-state index is 2.36. The van der Waals surface area contributed by atoms with Crippen LogP contribution in [0, 0.1) is 0 Å². The van der Waals surface area contributed by atoms with E-state index < -0.39 is 0 Å². The highest BCUT2D eigenvalue weighted by molar-refractivity contribution is 4.59. The molecule has 0 atom stereocenters. The molecular formula is C14H37N. The van der Waals surface area contributed by atoms with Gasteiger partial charge in [-0.05, 0) is 33.0 Å². The van der Waals surface area contributed by atoms with Crippen molar-refractivity contribution < 1.29 is 0 Å². The van der Waals surface area contributed by atoms with Gasteiger partial charge in [-0.3, -0.25) is 0 Å². The van der Waals surface area contributed by atoms with Crippen LogP contribution in [0.1, 0.15) is 74.7 Å². The molecule has 0 aromatic heterocycles. The van der Waals surface area contributed by atoms with Gasteiger partial charge in [-0.1, -0.05) is 61.8 Å². The molecule has 0 N–H and O–H groups in total. The minimum absolute atomic E-state index is 0. The Morgan fingerprint density at radius 3 is 0.933 bits per heavy atom. The minimum Gasteiger partial charge on any atom is -0.306 e. The van der Waals surface area contributed by atoms with Crippen LogP contribution in [0.15, 0.2) is 0 Å². The fourth-order valence-electron chi connectivity index (χ4n) is 1.76. The summed E-state index contributed by atoms with van der Waals surface area (Å²) < 4.78 is 0. The van der Waals surface area contributed by atoms with Crippen LogP contribution in [0.25, 0.3) is 0 Å². The zero-order chi connectivity index (χ0) is 7.94. The Labute approximate surface area is 100 Å². The van der Waals surface area contributed by atoms with E-state index in [1.54, 1.807) is 0 Å². The van der Waals surface area contributed by atoms with E-state index >= 15 is 0 Å². The second-order valence-electron chi connectivity index (χ2n) is 3.78. The van der Waals surface area contributed by atoms with Crippen LogP contribution in [0.2, 0.25) is 0 Å². The normalized spacial score (nSPS) is 18.2. The van der Waals surface area contributed by atoms with Crippen LogP contribution < -0.4 is 0 Å². The molecule has 0 aromatic carbocycles. The van der Waals surface area contributed by atoms with Gasteiger partial charge < -0.3 is 4.90 Å². The minimum atomic E-state index is 0. The van der Waals surface area contributed by atoms with E-state index in [1.807, 2.05) is 0 Å². The molecule has 2 aliphatic rings. The highest BCUT2D eigenvalue weighted by atomic mass is 15.1. The van der Waals surface area contributed by atoms with Gasteiger partial charge in [-0.25, -0.2) is 0 Å². The van der Waals surface area contributed by atoms with E-state index in [-0.39, 0.29) is 29.7 Å². The monoisotopic (exact) mass is 219 g/mol. The van der Waals surface area contributed by atoms with Gasteiger partial charge >= 0.3 is 0 Å². The van der Waals surface area contributed by atoms with E-state index in [4.69, 9.17) is 0 Å². The van der Waals surface area contributed by atoms with E-state index in [0.717, 1.165) is 0 Å². The molecule has 0 radical (unpaired) electrons. The van der Waals surface area contributed by atoms with Crippen molar-refractivity contribution in [3.63, 3.8) is 0 Å². The summed E-state index contributed by atoms with van der Waals surface area (Å²) in [5.74, 6) is 0. The number of likely N-dealkylation sites (tertiary alicyclic amines) is 1. The highest BCUT2D eigenvalue weighted by Gasteiger charge is 2.03. The molecule has 0 bridgehead atoms. The molecule has 98 valence electrons. The van der Waals surface area contributed by atoms with Crippen LogP contribution in [-0.2, 0) is 0 Å². The summed E-state index contributed by atoms with van der Waals surface area (Å²) in [4.78, 5) is 2.36. The fraction of sp³-hybridized carbons (Fsp3) is 1.00. The van der Waals surface area contributed by atoms with Crippen molar-refractivity contribution in [3.8, 4) is 0 Å². The van der Waals surface area contributed by atoms with Crippen LogP contribution in [0.5, 0.6) is 0 Å². The summed E-state index contributed by atoms with van der Waals surface area (Å²) in [5.41, 5.74) is 0. The number of rotatable bonds is 0. The predicted molar refractivity (Wildman–Crippen MR) is 76.7 cm³/mol. The average molecular weight is 219 g/mol. The number of hydrogen-bond donors (Lipinski definition) is 0. The van der Waals surface area contributed by atoms with Crippen molar-refractivity contribution in [2.75, 3.05) is 20.1 Å². The fourth-order valence-corrected chi connectivity index (χ4v) is 1.76. The SMILES string of the molecule is C.C.C.C.C1CCCC1.CN1CCCC1. The maximum atomic E-state index is 2.36. The third kappa shape index (κ3) is 14.0. The third-order valence-electron chi connectivity index (χ3n) is 2.58. The number of nitrogens with zero attached hydrogens (tertiary/aromatic N) is 1. The van der Waals surface area contributed by atoms with E-state index in [9.17, 15) is 0 Å². The first-order chi connectivity index (χ1) is 5.39. The molecule has 1 aliphatic heterocycles. The summed E-state index contributed by atoms with van der Waals surface area (Å²) in [5, 5.41) is 0. The van der Waals surface area contributed by atoms with Crippen molar-refractivity contribution in [2.24, 2.45) is 0 Å². The summed E-state index contributed by atoms with van der Waals surface area (Å²) in [6.45, 7) is 2.64. The van der Waals surface area contributed by atoms with Crippen LogP contribution in [-0.4, -0.2) is 25.0 Å². The van der Waals surface area contributed by atoms with Gasteiger partial charge in [-0.2, -0.15) is 0 Å². The first kappa shape index (κ1) is 24.3. The molecule has 1 nitrogen and oxygen atoms in total. The predicted octanol–water partition coefficient (Wildman–Crippen LogP) is 5.21. The molecule has 1 saturated heterocycles. The van der Waals surface area contributed by atoms with Crippen molar-refractivity contribution in [1.82, 2.24) is 4.90 Å². The first-order valence-electron chi connectivity index (χ1n) is 5.08. The lowest BCUT2D eigenvalue weighted by Gasteiger charge is -2.01. The van der Waals surface area contributed by atoms with Gasteiger partial charge in [0.2, 0.25) is 0 Å². The quantitative estimate of drug-likeness (QED) is 0.541. The van der Waals surface area contributed by atoms with Gasteiger partial charge in [0.1, 0.15) is 0 Å². The highest BCUT2D eigenvalue weighted by Crippen LogP contribution is 2.15. The van der Waals surface area contributed by atoms with E-state index in [1.165, 1.54) is 58.0 Å². The third-order valence-corrected chi connectivity index (χ3v) is 2.58. The number of hydrogen-bond acceptors (Lipinski definition) is 1. The molecule has 15 heavy (non-hydrogen) atoms. The summed E-state index contributed by atoms with van der Waals surface area (Å²) in [6, 6.07) is 0. The second kappa shape index (κ2) is 16.4. The van der Waals surface area contributed by atoms with Crippen molar-refractivity contribution in [2.45, 2.75) is 74.7 Å². The van der Waals surface area contributed by atoms with Crippen molar-refractivity contribution >= 4 is 0 Å². The zero-order valence-electron chi connectivity index (χ0n) is 7.81. The second-order valence-corrected chi connectivity index (χ2v) is 3.78. The van der Waals surface area contributed by atoms with Gasteiger partial charge in [0, 0.05) is 0 Å². The zero-order valence-corrected chi connectivity index (χ0v) is 7.81. The molecular weight excluding hydrogens is 182 g/mol. The maximum Gasteiger partial charge on any atom is -0.00213 e. The Morgan fingerprint density at radius 1 is 0.533 bits per heavy atom. The smallest absolute Gasteiger partial charge is 0.00213 e. The molecule has 0 aromatic rings. The van der Waals surface area contributed by atoms with Gasteiger partial charge in [0.25, 0.3) is 0 Å². The summed E-state index contributed by atoms with van der Waals surface area (Å²) in [7, 11) is 2.17. The average Bonchev–Trinajstić information content (AvgIpc) is 2.57. The Hall–Kier alpha value is -0.0400. The molecule has 2 rings (SSSR count). The molecule has 0 amide bonds. The Balaban J connectivity index is -0.0000000642. The first-order valence-corrected chi connectivity index (χ1v) is 5.08. The van der Waals surface area contributed by atoms with Gasteiger partial charge in [0.15, 0.2) is 0 Å². The largest absolute Gasteiger partial charge is 0.306 e. The summed E-state index contributed by atoms with van der Waals surface area (Å²) >= 11 is 0. The van der Waals surface area contributed by atoms with Crippen LogP contribution in [0.4, 0.5) is 0 Å². The Bertz CT molecular complexity index is 73.7. The molecule has 1 aliphatic carbocycles. The van der Waals surface area contributed by atoms with E-state index in [2.05, 4.69) is 11.9 Å². The van der Waals surface area contributed by atoms with Gasteiger partial charge in [0.05, 0.1) is 0 Å². The Morgan fingerprint density at radius 2 is 0.800 bits per heavy atom. The van der Waals surface area contributed by atoms with Crippen molar-refractivity contribution in [1.29, 1.82) is 0 Å². The molecule has 0 unspecified atom stereocenters.